The summed E-state index contributed by atoms with van der Waals surface area (Å²) in [5, 5.41) is 13.5. The summed E-state index contributed by atoms with van der Waals surface area (Å²) in [6, 6.07) is 6.12. The van der Waals surface area contributed by atoms with Gasteiger partial charge in [-0.15, -0.1) is 0 Å². The Bertz CT molecular complexity index is 612. The van der Waals surface area contributed by atoms with Crippen LogP contribution in [-0.4, -0.2) is 57.4 Å². The van der Waals surface area contributed by atoms with Crippen molar-refractivity contribution in [1.82, 2.24) is 24.6 Å². The van der Waals surface area contributed by atoms with Crippen LogP contribution in [0, 0.1) is 17.2 Å². The quantitative estimate of drug-likeness (QED) is 0.793. The molecule has 0 aromatic carbocycles. The summed E-state index contributed by atoms with van der Waals surface area (Å²) in [6.07, 6.45) is 8.09. The number of rotatable bonds is 6. The number of nitriles is 1. The smallest absolute Gasteiger partial charge is 0.225 e. The standard InChI is InChI=1S/C16H21N7/c17-13-15(14-23-7-2-6-20-23)3-8-21-9-11-22(12-10-21)16-18-4-1-5-19-16/h1-2,4-7,15H,3,8-12,14H2. The highest BCUT2D eigenvalue weighted by atomic mass is 15.3. The predicted octanol–water partition coefficient (Wildman–Crippen LogP) is 1.03. The minimum atomic E-state index is 0.00499. The van der Waals surface area contributed by atoms with Crippen LogP contribution < -0.4 is 4.90 Å². The lowest BCUT2D eigenvalue weighted by Gasteiger charge is -2.34. The van der Waals surface area contributed by atoms with Gasteiger partial charge in [-0.2, -0.15) is 10.4 Å². The lowest BCUT2D eigenvalue weighted by molar-refractivity contribution is 0.240. The minimum absolute atomic E-state index is 0.00499. The van der Waals surface area contributed by atoms with Crippen molar-refractivity contribution in [2.24, 2.45) is 5.92 Å². The summed E-state index contributed by atoms with van der Waals surface area (Å²) in [5.74, 6) is 0.811. The van der Waals surface area contributed by atoms with E-state index in [1.807, 2.05) is 23.0 Å². The normalized spacial score (nSPS) is 16.9. The van der Waals surface area contributed by atoms with Gasteiger partial charge in [0.25, 0.3) is 0 Å². The summed E-state index contributed by atoms with van der Waals surface area (Å²) in [7, 11) is 0. The second-order valence-electron chi connectivity index (χ2n) is 5.72. The van der Waals surface area contributed by atoms with Crippen LogP contribution in [0.25, 0.3) is 0 Å². The van der Waals surface area contributed by atoms with Crippen molar-refractivity contribution in [3.63, 3.8) is 0 Å². The van der Waals surface area contributed by atoms with Crippen molar-refractivity contribution < 1.29 is 0 Å². The van der Waals surface area contributed by atoms with Gasteiger partial charge in [-0.3, -0.25) is 9.58 Å². The van der Waals surface area contributed by atoms with Gasteiger partial charge >= 0.3 is 0 Å². The molecule has 0 bridgehead atoms. The molecule has 2 aromatic heterocycles. The SMILES string of the molecule is N#CC(CCN1CCN(c2ncccn2)CC1)Cn1cccn1. The highest BCUT2D eigenvalue weighted by Crippen LogP contribution is 2.12. The molecule has 0 saturated carbocycles. The van der Waals surface area contributed by atoms with Gasteiger partial charge < -0.3 is 4.90 Å². The molecule has 2 aromatic rings. The third-order valence-corrected chi connectivity index (χ3v) is 4.15. The van der Waals surface area contributed by atoms with E-state index in [0.717, 1.165) is 45.1 Å². The van der Waals surface area contributed by atoms with Crippen LogP contribution in [0.15, 0.2) is 36.9 Å². The Morgan fingerprint density at radius 2 is 1.87 bits per heavy atom. The molecular formula is C16H21N7. The molecule has 7 heteroatoms. The van der Waals surface area contributed by atoms with Gasteiger partial charge in [-0.05, 0) is 25.1 Å². The first-order valence-electron chi connectivity index (χ1n) is 7.96. The number of hydrogen-bond acceptors (Lipinski definition) is 6. The second kappa shape index (κ2) is 7.70. The Hall–Kier alpha value is -2.46. The van der Waals surface area contributed by atoms with Gasteiger partial charge in [0, 0.05) is 51.0 Å². The highest BCUT2D eigenvalue weighted by molar-refractivity contribution is 5.29. The molecule has 0 aliphatic carbocycles. The summed E-state index contributed by atoms with van der Waals surface area (Å²) in [4.78, 5) is 13.2. The second-order valence-corrected chi connectivity index (χ2v) is 5.72. The molecule has 120 valence electrons. The topological polar surface area (TPSA) is 73.9 Å². The molecule has 0 amide bonds. The fourth-order valence-corrected chi connectivity index (χ4v) is 2.80. The van der Waals surface area contributed by atoms with Crippen LogP contribution >= 0.6 is 0 Å². The van der Waals surface area contributed by atoms with Crippen molar-refractivity contribution in [3.05, 3.63) is 36.9 Å². The zero-order chi connectivity index (χ0) is 15.9. The number of hydrogen-bond donors (Lipinski definition) is 0. The number of anilines is 1. The Morgan fingerprint density at radius 1 is 1.09 bits per heavy atom. The van der Waals surface area contributed by atoms with Crippen molar-refractivity contribution >= 4 is 5.95 Å². The van der Waals surface area contributed by atoms with E-state index in [0.29, 0.717) is 6.54 Å². The maximum atomic E-state index is 9.31. The Labute approximate surface area is 136 Å². The summed E-state index contributed by atoms with van der Waals surface area (Å²) in [6.45, 7) is 5.45. The van der Waals surface area contributed by atoms with E-state index in [4.69, 9.17) is 0 Å². The monoisotopic (exact) mass is 311 g/mol. The van der Waals surface area contributed by atoms with Gasteiger partial charge in [0.05, 0.1) is 18.5 Å². The molecule has 1 fully saturated rings. The lowest BCUT2D eigenvalue weighted by atomic mass is 10.1. The first kappa shape index (κ1) is 15.4. The average Bonchev–Trinajstić information content (AvgIpc) is 3.13. The molecule has 7 nitrogen and oxygen atoms in total. The van der Waals surface area contributed by atoms with Crippen LogP contribution in [0.2, 0.25) is 0 Å². The van der Waals surface area contributed by atoms with Crippen LogP contribution in [0.5, 0.6) is 0 Å². The summed E-state index contributed by atoms with van der Waals surface area (Å²) < 4.78 is 1.83. The van der Waals surface area contributed by atoms with E-state index in [1.54, 1.807) is 18.6 Å². The molecule has 1 aliphatic rings. The van der Waals surface area contributed by atoms with Gasteiger partial charge in [-0.1, -0.05) is 0 Å². The van der Waals surface area contributed by atoms with Gasteiger partial charge in [0.1, 0.15) is 0 Å². The van der Waals surface area contributed by atoms with Gasteiger partial charge in [-0.25, -0.2) is 9.97 Å². The lowest BCUT2D eigenvalue weighted by Crippen LogP contribution is -2.47. The van der Waals surface area contributed by atoms with Crippen LogP contribution in [0.4, 0.5) is 5.95 Å². The third-order valence-electron chi connectivity index (χ3n) is 4.15. The fraction of sp³-hybridized carbons (Fsp3) is 0.500. The summed E-state index contributed by atoms with van der Waals surface area (Å²) >= 11 is 0. The van der Waals surface area contributed by atoms with Crippen LogP contribution in [-0.2, 0) is 6.54 Å². The van der Waals surface area contributed by atoms with E-state index >= 15 is 0 Å². The first-order chi connectivity index (χ1) is 11.3. The molecule has 3 rings (SSSR count). The highest BCUT2D eigenvalue weighted by Gasteiger charge is 2.19. The van der Waals surface area contributed by atoms with E-state index in [-0.39, 0.29) is 5.92 Å². The number of nitrogens with zero attached hydrogens (tertiary/aromatic N) is 7. The molecule has 23 heavy (non-hydrogen) atoms. The minimum Gasteiger partial charge on any atom is -0.338 e. The molecule has 1 atom stereocenters. The van der Waals surface area contributed by atoms with Crippen molar-refractivity contribution in [1.29, 1.82) is 5.26 Å². The Morgan fingerprint density at radius 3 is 2.52 bits per heavy atom. The Kier molecular flexibility index (Phi) is 5.17. The number of piperazine rings is 1. The molecule has 0 N–H and O–H groups in total. The van der Waals surface area contributed by atoms with E-state index in [1.165, 1.54) is 0 Å². The van der Waals surface area contributed by atoms with Crippen LogP contribution in [0.1, 0.15) is 6.42 Å². The van der Waals surface area contributed by atoms with Crippen LogP contribution in [0.3, 0.4) is 0 Å². The maximum Gasteiger partial charge on any atom is 0.225 e. The summed E-state index contributed by atoms with van der Waals surface area (Å²) in [5.41, 5.74) is 0. The molecular weight excluding hydrogens is 290 g/mol. The van der Waals surface area contributed by atoms with E-state index in [9.17, 15) is 5.26 Å². The first-order valence-corrected chi connectivity index (χ1v) is 7.96. The predicted molar refractivity (Wildman–Crippen MR) is 86.6 cm³/mol. The van der Waals surface area contributed by atoms with Gasteiger partial charge in [0.15, 0.2) is 0 Å². The van der Waals surface area contributed by atoms with Crippen molar-refractivity contribution in [3.8, 4) is 6.07 Å². The molecule has 0 spiro atoms. The van der Waals surface area contributed by atoms with Crippen molar-refractivity contribution in [2.45, 2.75) is 13.0 Å². The molecule has 1 saturated heterocycles. The zero-order valence-electron chi connectivity index (χ0n) is 13.1. The zero-order valence-corrected chi connectivity index (χ0v) is 13.1. The van der Waals surface area contributed by atoms with E-state index < -0.39 is 0 Å². The number of aromatic nitrogens is 4. The average molecular weight is 311 g/mol. The molecule has 0 radical (unpaired) electrons. The van der Waals surface area contributed by atoms with E-state index in [2.05, 4.69) is 30.9 Å². The fourth-order valence-electron chi connectivity index (χ4n) is 2.80. The molecule has 1 unspecified atom stereocenters. The molecule has 3 heterocycles. The largest absolute Gasteiger partial charge is 0.338 e. The molecule has 1 aliphatic heterocycles. The Balaban J connectivity index is 1.43. The van der Waals surface area contributed by atoms with Crippen molar-refractivity contribution in [2.75, 3.05) is 37.6 Å². The maximum absolute atomic E-state index is 9.31. The van der Waals surface area contributed by atoms with Gasteiger partial charge in [0.2, 0.25) is 5.95 Å². The third kappa shape index (κ3) is 4.27.